The first-order valence-corrected chi connectivity index (χ1v) is 6.25. The van der Waals surface area contributed by atoms with Gasteiger partial charge in [0.25, 0.3) is 0 Å². The molecule has 0 heterocycles. The van der Waals surface area contributed by atoms with Crippen molar-refractivity contribution in [3.05, 3.63) is 78.4 Å². The standard InChI is InChI=1S/C17H18O2/c1-3-17(15-7-5-4-6-8-15)19-13-14-9-11-16(18-2)12-10-14/h3-12,17H,1,13H2,2H3/t17-/m1/s1. The zero-order valence-electron chi connectivity index (χ0n) is 11.1. The minimum Gasteiger partial charge on any atom is -0.497 e. The summed E-state index contributed by atoms with van der Waals surface area (Å²) >= 11 is 0. The van der Waals surface area contributed by atoms with Crippen LogP contribution in [0.4, 0.5) is 0 Å². The molecular formula is C17H18O2. The summed E-state index contributed by atoms with van der Waals surface area (Å²) in [4.78, 5) is 0. The molecule has 0 saturated carbocycles. The fourth-order valence-corrected chi connectivity index (χ4v) is 1.85. The SMILES string of the molecule is C=C[C@@H](OCc1ccc(OC)cc1)c1ccccc1. The quantitative estimate of drug-likeness (QED) is 0.721. The van der Waals surface area contributed by atoms with E-state index in [1.807, 2.05) is 60.7 Å². The number of hydrogen-bond acceptors (Lipinski definition) is 2. The Morgan fingerprint density at radius 1 is 1.05 bits per heavy atom. The van der Waals surface area contributed by atoms with Gasteiger partial charge in [-0.1, -0.05) is 48.5 Å². The third kappa shape index (κ3) is 3.70. The summed E-state index contributed by atoms with van der Waals surface area (Å²) < 4.78 is 11.0. The Hall–Kier alpha value is -2.06. The summed E-state index contributed by atoms with van der Waals surface area (Å²) in [5.74, 6) is 0.854. The van der Waals surface area contributed by atoms with E-state index in [1.54, 1.807) is 7.11 Å². The molecule has 2 nitrogen and oxygen atoms in total. The molecule has 0 N–H and O–H groups in total. The van der Waals surface area contributed by atoms with E-state index in [2.05, 4.69) is 6.58 Å². The second kappa shape index (κ2) is 6.76. The van der Waals surface area contributed by atoms with Crippen molar-refractivity contribution in [2.45, 2.75) is 12.7 Å². The van der Waals surface area contributed by atoms with Crippen molar-refractivity contribution < 1.29 is 9.47 Å². The molecule has 0 aliphatic heterocycles. The fraction of sp³-hybridized carbons (Fsp3) is 0.176. The van der Waals surface area contributed by atoms with E-state index in [4.69, 9.17) is 9.47 Å². The van der Waals surface area contributed by atoms with Crippen LogP contribution in [-0.2, 0) is 11.3 Å². The minimum absolute atomic E-state index is 0.0803. The maximum atomic E-state index is 5.88. The average Bonchev–Trinajstić information content (AvgIpc) is 2.49. The van der Waals surface area contributed by atoms with Crippen LogP contribution in [0.2, 0.25) is 0 Å². The fourth-order valence-electron chi connectivity index (χ4n) is 1.85. The smallest absolute Gasteiger partial charge is 0.118 e. The lowest BCUT2D eigenvalue weighted by molar-refractivity contribution is 0.0720. The van der Waals surface area contributed by atoms with Gasteiger partial charge >= 0.3 is 0 Å². The molecule has 98 valence electrons. The second-order valence-corrected chi connectivity index (χ2v) is 4.23. The van der Waals surface area contributed by atoms with E-state index < -0.39 is 0 Å². The Kier molecular flexibility index (Phi) is 4.76. The van der Waals surface area contributed by atoms with Crippen LogP contribution in [0.3, 0.4) is 0 Å². The zero-order valence-corrected chi connectivity index (χ0v) is 11.1. The minimum atomic E-state index is -0.0803. The van der Waals surface area contributed by atoms with Gasteiger partial charge in [-0.3, -0.25) is 0 Å². The predicted octanol–water partition coefficient (Wildman–Crippen LogP) is 4.14. The van der Waals surface area contributed by atoms with Crippen LogP contribution in [0.1, 0.15) is 17.2 Å². The van der Waals surface area contributed by atoms with Crippen LogP contribution in [0.5, 0.6) is 5.75 Å². The first-order chi connectivity index (χ1) is 9.33. The average molecular weight is 254 g/mol. The maximum Gasteiger partial charge on any atom is 0.118 e. The summed E-state index contributed by atoms with van der Waals surface area (Å²) in [6.45, 7) is 4.38. The summed E-state index contributed by atoms with van der Waals surface area (Å²) in [6.07, 6.45) is 1.74. The van der Waals surface area contributed by atoms with E-state index >= 15 is 0 Å². The highest BCUT2D eigenvalue weighted by Crippen LogP contribution is 2.20. The Morgan fingerprint density at radius 2 is 1.74 bits per heavy atom. The Morgan fingerprint density at radius 3 is 2.32 bits per heavy atom. The molecule has 0 bridgehead atoms. The normalized spacial score (nSPS) is 11.8. The van der Waals surface area contributed by atoms with Crippen molar-refractivity contribution in [3.63, 3.8) is 0 Å². The number of methoxy groups -OCH3 is 1. The van der Waals surface area contributed by atoms with Crippen LogP contribution < -0.4 is 4.74 Å². The summed E-state index contributed by atoms with van der Waals surface area (Å²) in [5, 5.41) is 0. The second-order valence-electron chi connectivity index (χ2n) is 4.23. The number of rotatable bonds is 6. The lowest BCUT2D eigenvalue weighted by atomic mass is 10.1. The van der Waals surface area contributed by atoms with Gasteiger partial charge in [0.2, 0.25) is 0 Å². The lowest BCUT2D eigenvalue weighted by Gasteiger charge is -2.14. The summed E-state index contributed by atoms with van der Waals surface area (Å²) in [5.41, 5.74) is 2.23. The van der Waals surface area contributed by atoms with Gasteiger partial charge < -0.3 is 9.47 Å². The molecule has 0 amide bonds. The molecule has 2 aromatic rings. The third-order valence-electron chi connectivity index (χ3n) is 2.93. The topological polar surface area (TPSA) is 18.5 Å². The van der Waals surface area contributed by atoms with Crippen molar-refractivity contribution in [1.29, 1.82) is 0 Å². The van der Waals surface area contributed by atoms with Gasteiger partial charge in [0.05, 0.1) is 13.7 Å². The van der Waals surface area contributed by atoms with E-state index in [-0.39, 0.29) is 6.10 Å². The maximum absolute atomic E-state index is 5.88. The van der Waals surface area contributed by atoms with Crippen molar-refractivity contribution in [3.8, 4) is 5.75 Å². The van der Waals surface area contributed by atoms with Crippen molar-refractivity contribution in [2.75, 3.05) is 7.11 Å². The van der Waals surface area contributed by atoms with E-state index in [1.165, 1.54) is 0 Å². The van der Waals surface area contributed by atoms with E-state index in [0.29, 0.717) is 6.61 Å². The monoisotopic (exact) mass is 254 g/mol. The van der Waals surface area contributed by atoms with Crippen LogP contribution in [-0.4, -0.2) is 7.11 Å². The van der Waals surface area contributed by atoms with Gasteiger partial charge in [0.15, 0.2) is 0 Å². The highest BCUT2D eigenvalue weighted by molar-refractivity contribution is 5.27. The van der Waals surface area contributed by atoms with Gasteiger partial charge in [-0.25, -0.2) is 0 Å². The van der Waals surface area contributed by atoms with Gasteiger partial charge in [-0.05, 0) is 23.3 Å². The van der Waals surface area contributed by atoms with E-state index in [0.717, 1.165) is 16.9 Å². The zero-order chi connectivity index (χ0) is 13.5. The molecule has 2 heteroatoms. The Bertz CT molecular complexity index is 503. The Balaban J connectivity index is 1.98. The molecule has 0 spiro atoms. The van der Waals surface area contributed by atoms with Crippen LogP contribution in [0, 0.1) is 0 Å². The summed E-state index contributed by atoms with van der Waals surface area (Å²) in [6, 6.07) is 18.0. The van der Waals surface area contributed by atoms with Gasteiger partial charge in [-0.2, -0.15) is 0 Å². The Labute approximate surface area is 114 Å². The molecular weight excluding hydrogens is 236 g/mol. The van der Waals surface area contributed by atoms with Crippen molar-refractivity contribution in [2.24, 2.45) is 0 Å². The van der Waals surface area contributed by atoms with Crippen LogP contribution in [0.25, 0.3) is 0 Å². The van der Waals surface area contributed by atoms with E-state index in [9.17, 15) is 0 Å². The first-order valence-electron chi connectivity index (χ1n) is 6.25. The molecule has 0 radical (unpaired) electrons. The highest BCUT2D eigenvalue weighted by Gasteiger charge is 2.07. The molecule has 0 saturated heterocycles. The lowest BCUT2D eigenvalue weighted by Crippen LogP contribution is -2.01. The molecule has 0 aromatic heterocycles. The number of benzene rings is 2. The molecule has 0 aliphatic carbocycles. The molecule has 0 fully saturated rings. The van der Waals surface area contributed by atoms with Crippen LogP contribution in [0.15, 0.2) is 67.3 Å². The number of ether oxygens (including phenoxy) is 2. The third-order valence-corrected chi connectivity index (χ3v) is 2.93. The van der Waals surface area contributed by atoms with Crippen LogP contribution >= 0.6 is 0 Å². The molecule has 2 rings (SSSR count). The molecule has 0 unspecified atom stereocenters. The molecule has 2 aromatic carbocycles. The van der Waals surface area contributed by atoms with Gasteiger partial charge in [0.1, 0.15) is 11.9 Å². The van der Waals surface area contributed by atoms with Gasteiger partial charge in [0, 0.05) is 0 Å². The molecule has 0 aliphatic rings. The highest BCUT2D eigenvalue weighted by atomic mass is 16.5. The molecule has 19 heavy (non-hydrogen) atoms. The van der Waals surface area contributed by atoms with Crippen molar-refractivity contribution in [1.82, 2.24) is 0 Å². The van der Waals surface area contributed by atoms with Crippen molar-refractivity contribution >= 4 is 0 Å². The number of hydrogen-bond donors (Lipinski definition) is 0. The first kappa shape index (κ1) is 13.4. The van der Waals surface area contributed by atoms with Gasteiger partial charge in [-0.15, -0.1) is 6.58 Å². The summed E-state index contributed by atoms with van der Waals surface area (Å²) in [7, 11) is 1.66. The predicted molar refractivity (Wildman–Crippen MR) is 77.2 cm³/mol. The molecule has 1 atom stereocenters. The largest absolute Gasteiger partial charge is 0.497 e.